The zero-order valence-electron chi connectivity index (χ0n) is 20.5. The van der Waals surface area contributed by atoms with E-state index in [2.05, 4.69) is 10.6 Å². The van der Waals surface area contributed by atoms with E-state index in [4.69, 9.17) is 0 Å². The average Bonchev–Trinajstić information content (AvgIpc) is 2.86. The zero-order valence-corrected chi connectivity index (χ0v) is 20.5. The summed E-state index contributed by atoms with van der Waals surface area (Å²) in [5.41, 5.74) is 2.61. The van der Waals surface area contributed by atoms with Crippen LogP contribution in [-0.4, -0.2) is 47.8 Å². The summed E-state index contributed by atoms with van der Waals surface area (Å²) < 4.78 is 0. The molecule has 2 unspecified atom stereocenters. The number of nitrogens with one attached hydrogen (secondary N) is 2. The smallest absolute Gasteiger partial charge is 0.252 e. The third kappa shape index (κ3) is 6.92. The highest BCUT2D eigenvalue weighted by Gasteiger charge is 2.34. The summed E-state index contributed by atoms with van der Waals surface area (Å²) in [5.74, 6) is -0.254. The molecule has 34 heavy (non-hydrogen) atoms. The molecular formula is C28H37N3O3. The van der Waals surface area contributed by atoms with Crippen molar-refractivity contribution in [2.75, 3.05) is 13.1 Å². The van der Waals surface area contributed by atoms with Crippen molar-refractivity contribution in [2.24, 2.45) is 5.92 Å². The number of piperidine rings is 1. The number of hydrogen-bond acceptors (Lipinski definition) is 3. The monoisotopic (exact) mass is 463 g/mol. The van der Waals surface area contributed by atoms with Gasteiger partial charge in [-0.15, -0.1) is 0 Å². The van der Waals surface area contributed by atoms with Crippen LogP contribution in [0, 0.1) is 12.8 Å². The Morgan fingerprint density at radius 3 is 2.26 bits per heavy atom. The number of likely N-dealkylation sites (tertiary alicyclic amines) is 1. The topological polar surface area (TPSA) is 78.5 Å². The maximum absolute atomic E-state index is 13.1. The van der Waals surface area contributed by atoms with Crippen LogP contribution in [0.4, 0.5) is 0 Å². The SMILES string of the molecule is CCC(C)NC(=O)C(NC(=O)c1ccccc1C)C1CCN(C(=O)CCc2ccccc2)CC1. The molecule has 0 saturated carbocycles. The van der Waals surface area contributed by atoms with Crippen LogP contribution in [0.1, 0.15) is 61.0 Å². The van der Waals surface area contributed by atoms with E-state index in [9.17, 15) is 14.4 Å². The summed E-state index contributed by atoms with van der Waals surface area (Å²) in [6, 6.07) is 16.8. The van der Waals surface area contributed by atoms with Crippen molar-refractivity contribution in [3.63, 3.8) is 0 Å². The van der Waals surface area contributed by atoms with Gasteiger partial charge in [-0.1, -0.05) is 55.5 Å². The Morgan fingerprint density at radius 1 is 0.971 bits per heavy atom. The minimum atomic E-state index is -0.623. The lowest BCUT2D eigenvalue weighted by molar-refractivity contribution is -0.133. The van der Waals surface area contributed by atoms with Crippen LogP contribution in [-0.2, 0) is 16.0 Å². The van der Waals surface area contributed by atoms with E-state index >= 15 is 0 Å². The third-order valence-corrected chi connectivity index (χ3v) is 6.79. The first-order valence-corrected chi connectivity index (χ1v) is 12.4. The molecule has 1 aliphatic rings. The predicted molar refractivity (Wildman–Crippen MR) is 134 cm³/mol. The van der Waals surface area contributed by atoms with Gasteiger partial charge in [0.1, 0.15) is 6.04 Å². The minimum Gasteiger partial charge on any atom is -0.352 e. The predicted octanol–water partition coefficient (Wildman–Crippen LogP) is 3.88. The standard InChI is InChI=1S/C28H37N3O3/c1-4-21(3)29-28(34)26(30-27(33)24-13-9-8-10-20(24)2)23-16-18-31(19-17-23)25(32)15-14-22-11-6-5-7-12-22/h5-13,21,23,26H,4,14-19H2,1-3H3,(H,29,34)(H,30,33). The lowest BCUT2D eigenvalue weighted by atomic mass is 9.88. The molecule has 1 saturated heterocycles. The number of amides is 3. The number of rotatable bonds is 9. The summed E-state index contributed by atoms with van der Waals surface area (Å²) in [5, 5.41) is 6.05. The Hall–Kier alpha value is -3.15. The normalized spacial score (nSPS) is 15.9. The number of aryl methyl sites for hydroxylation is 2. The van der Waals surface area contributed by atoms with Gasteiger partial charge in [0.15, 0.2) is 0 Å². The quantitative estimate of drug-likeness (QED) is 0.592. The Balaban J connectivity index is 1.62. The van der Waals surface area contributed by atoms with E-state index in [0.29, 0.717) is 37.9 Å². The second-order valence-corrected chi connectivity index (χ2v) is 9.29. The van der Waals surface area contributed by atoms with Gasteiger partial charge in [0, 0.05) is 31.1 Å². The maximum Gasteiger partial charge on any atom is 0.252 e. The Kier molecular flexibility index (Phi) is 9.25. The highest BCUT2D eigenvalue weighted by molar-refractivity contribution is 5.98. The first kappa shape index (κ1) is 25.5. The van der Waals surface area contributed by atoms with Gasteiger partial charge in [-0.25, -0.2) is 0 Å². The largest absolute Gasteiger partial charge is 0.352 e. The molecule has 2 atom stereocenters. The van der Waals surface area contributed by atoms with Gasteiger partial charge in [-0.2, -0.15) is 0 Å². The highest BCUT2D eigenvalue weighted by Crippen LogP contribution is 2.23. The van der Waals surface area contributed by atoms with E-state index in [0.717, 1.165) is 24.0 Å². The average molecular weight is 464 g/mol. The van der Waals surface area contributed by atoms with Gasteiger partial charge < -0.3 is 15.5 Å². The Morgan fingerprint density at radius 2 is 1.62 bits per heavy atom. The van der Waals surface area contributed by atoms with Crippen molar-refractivity contribution >= 4 is 17.7 Å². The van der Waals surface area contributed by atoms with E-state index < -0.39 is 6.04 Å². The second kappa shape index (κ2) is 12.4. The first-order valence-electron chi connectivity index (χ1n) is 12.4. The van der Waals surface area contributed by atoms with Crippen LogP contribution >= 0.6 is 0 Å². The molecule has 1 heterocycles. The molecule has 2 aromatic rings. The first-order chi connectivity index (χ1) is 16.4. The molecule has 0 radical (unpaired) electrons. The molecule has 3 rings (SSSR count). The summed E-state index contributed by atoms with van der Waals surface area (Å²) >= 11 is 0. The fraction of sp³-hybridized carbons (Fsp3) is 0.464. The molecule has 6 heteroatoms. The van der Waals surface area contributed by atoms with Gasteiger partial charge >= 0.3 is 0 Å². The van der Waals surface area contributed by atoms with Gasteiger partial charge in [0.05, 0.1) is 0 Å². The van der Waals surface area contributed by atoms with Crippen LogP contribution < -0.4 is 10.6 Å². The van der Waals surface area contributed by atoms with Crippen molar-refractivity contribution in [1.29, 1.82) is 0 Å². The molecule has 3 amide bonds. The fourth-order valence-corrected chi connectivity index (χ4v) is 4.42. The molecule has 6 nitrogen and oxygen atoms in total. The molecule has 182 valence electrons. The molecular weight excluding hydrogens is 426 g/mol. The summed E-state index contributed by atoms with van der Waals surface area (Å²) in [4.78, 5) is 40.8. The molecule has 2 aromatic carbocycles. The number of hydrogen-bond donors (Lipinski definition) is 2. The van der Waals surface area contributed by atoms with Crippen LogP contribution in [0.2, 0.25) is 0 Å². The number of nitrogens with zero attached hydrogens (tertiary/aromatic N) is 1. The van der Waals surface area contributed by atoms with Crippen molar-refractivity contribution in [3.05, 3.63) is 71.3 Å². The lowest BCUT2D eigenvalue weighted by Crippen LogP contribution is -2.55. The molecule has 0 aromatic heterocycles. The van der Waals surface area contributed by atoms with E-state index in [1.54, 1.807) is 6.07 Å². The number of carbonyl (C=O) groups excluding carboxylic acids is 3. The Bertz CT molecular complexity index is 968. The molecule has 0 aliphatic carbocycles. The van der Waals surface area contributed by atoms with Crippen LogP contribution in [0.5, 0.6) is 0 Å². The number of carbonyl (C=O) groups is 3. The molecule has 0 bridgehead atoms. The van der Waals surface area contributed by atoms with Crippen LogP contribution in [0.15, 0.2) is 54.6 Å². The molecule has 1 aliphatic heterocycles. The molecule has 2 N–H and O–H groups in total. The lowest BCUT2D eigenvalue weighted by Gasteiger charge is -2.36. The number of benzene rings is 2. The van der Waals surface area contributed by atoms with Crippen molar-refractivity contribution in [1.82, 2.24) is 15.5 Å². The maximum atomic E-state index is 13.1. The van der Waals surface area contributed by atoms with Crippen molar-refractivity contribution in [2.45, 2.75) is 65.0 Å². The van der Waals surface area contributed by atoms with Gasteiger partial charge in [0.25, 0.3) is 5.91 Å². The minimum absolute atomic E-state index is 0.0183. The van der Waals surface area contributed by atoms with Crippen LogP contribution in [0.3, 0.4) is 0 Å². The zero-order chi connectivity index (χ0) is 24.5. The summed E-state index contributed by atoms with van der Waals surface area (Å²) in [6.07, 6.45) is 3.40. The molecule has 0 spiro atoms. The highest BCUT2D eigenvalue weighted by atomic mass is 16.2. The van der Waals surface area contributed by atoms with Crippen LogP contribution in [0.25, 0.3) is 0 Å². The van der Waals surface area contributed by atoms with Gasteiger partial charge in [0.2, 0.25) is 11.8 Å². The van der Waals surface area contributed by atoms with Crippen molar-refractivity contribution in [3.8, 4) is 0 Å². The Labute approximate surface area is 203 Å². The van der Waals surface area contributed by atoms with Gasteiger partial charge in [-0.05, 0) is 62.6 Å². The van der Waals surface area contributed by atoms with Gasteiger partial charge in [-0.3, -0.25) is 14.4 Å². The fourth-order valence-electron chi connectivity index (χ4n) is 4.42. The van der Waals surface area contributed by atoms with E-state index in [1.165, 1.54) is 0 Å². The second-order valence-electron chi connectivity index (χ2n) is 9.29. The van der Waals surface area contributed by atoms with Crippen molar-refractivity contribution < 1.29 is 14.4 Å². The summed E-state index contributed by atoms with van der Waals surface area (Å²) in [7, 11) is 0. The molecule has 1 fully saturated rings. The summed E-state index contributed by atoms with van der Waals surface area (Å²) in [6.45, 7) is 7.08. The van der Waals surface area contributed by atoms with E-state index in [-0.39, 0.29) is 29.7 Å². The van der Waals surface area contributed by atoms with E-state index in [1.807, 2.05) is 74.2 Å². The third-order valence-electron chi connectivity index (χ3n) is 6.79.